The third-order valence-corrected chi connectivity index (χ3v) is 9.09. The molecule has 0 spiro atoms. The number of para-hydroxylation sites is 1. The largest absolute Gasteiger partial charge is 0.496 e. The van der Waals surface area contributed by atoms with Crippen LogP contribution in [0.2, 0.25) is 19.6 Å². The van der Waals surface area contributed by atoms with Crippen LogP contribution in [0.4, 0.5) is 0 Å². The highest BCUT2D eigenvalue weighted by molar-refractivity contribution is 7.80. The fraction of sp³-hybridized carbons (Fsp3) is 0.182. The lowest BCUT2D eigenvalue weighted by molar-refractivity contribution is 0.418. The van der Waals surface area contributed by atoms with E-state index in [-0.39, 0.29) is 0 Å². The van der Waals surface area contributed by atoms with Gasteiger partial charge < -0.3 is 4.74 Å². The summed E-state index contributed by atoms with van der Waals surface area (Å²) in [6, 6.07) is 28.3. The van der Waals surface area contributed by atoms with E-state index in [9.17, 15) is 0 Å². The molecule has 0 saturated carbocycles. The fourth-order valence-corrected chi connectivity index (χ4v) is 8.35. The summed E-state index contributed by atoms with van der Waals surface area (Å²) < 4.78 is 5.72. The molecule has 3 heteroatoms. The molecule has 3 aromatic carbocycles. The van der Waals surface area contributed by atoms with Gasteiger partial charge in [0.25, 0.3) is 0 Å². The average molecular weight is 365 g/mol. The van der Waals surface area contributed by atoms with E-state index in [1.54, 1.807) is 7.11 Å². The van der Waals surface area contributed by atoms with Gasteiger partial charge in [-0.05, 0) is 24.6 Å². The summed E-state index contributed by atoms with van der Waals surface area (Å²) in [5, 5.41) is 5.66. The summed E-state index contributed by atoms with van der Waals surface area (Å²) in [5.74, 6) is 0.975. The van der Waals surface area contributed by atoms with Crippen molar-refractivity contribution in [3.8, 4) is 5.75 Å². The molecule has 0 aromatic heterocycles. The molecule has 0 saturated heterocycles. The highest BCUT2D eigenvalue weighted by Crippen LogP contribution is 2.36. The van der Waals surface area contributed by atoms with Crippen LogP contribution >= 0.6 is 7.92 Å². The van der Waals surface area contributed by atoms with Crippen LogP contribution in [0.5, 0.6) is 5.75 Å². The molecule has 25 heavy (non-hydrogen) atoms. The molecule has 0 heterocycles. The Kier molecular flexibility index (Phi) is 5.41. The van der Waals surface area contributed by atoms with Gasteiger partial charge in [0, 0.05) is 5.30 Å². The summed E-state index contributed by atoms with van der Waals surface area (Å²) in [4.78, 5) is 0. The van der Waals surface area contributed by atoms with E-state index in [4.69, 9.17) is 4.74 Å². The molecule has 0 radical (unpaired) electrons. The molecule has 0 aliphatic heterocycles. The normalized spacial score (nSPS) is 12.6. The van der Waals surface area contributed by atoms with Crippen molar-refractivity contribution < 1.29 is 4.74 Å². The first-order valence-corrected chi connectivity index (χ1v) is 13.4. The van der Waals surface area contributed by atoms with E-state index >= 15 is 0 Å². The van der Waals surface area contributed by atoms with Crippen LogP contribution in [0.25, 0.3) is 0 Å². The third-order valence-electron chi connectivity index (χ3n) is 4.29. The summed E-state index contributed by atoms with van der Waals surface area (Å²) in [7, 11) is -0.341. The van der Waals surface area contributed by atoms with Crippen LogP contribution in [0.1, 0.15) is 0 Å². The number of methoxy groups -OCH3 is 1. The van der Waals surface area contributed by atoms with Gasteiger partial charge in [-0.15, -0.1) is 0 Å². The first kappa shape index (κ1) is 17.9. The van der Waals surface area contributed by atoms with Crippen LogP contribution in [0.3, 0.4) is 0 Å². The lowest BCUT2D eigenvalue weighted by Crippen LogP contribution is -2.47. The number of ether oxygens (including phenoxy) is 1. The standard InChI is InChI=1S/C22H25OPSi/c1-23-19-14-8-9-15-20(19)24(18-12-6-5-7-13-18)21-16-10-11-17-22(21)25(2,3)4/h5-17H,1-4H3/t24-/m1/s1. The zero-order chi connectivity index (χ0) is 17.9. The van der Waals surface area contributed by atoms with Crippen molar-refractivity contribution >= 4 is 37.1 Å². The first-order chi connectivity index (χ1) is 12.0. The van der Waals surface area contributed by atoms with Crippen molar-refractivity contribution in [3.63, 3.8) is 0 Å². The van der Waals surface area contributed by atoms with Gasteiger partial charge in [0.05, 0.1) is 15.2 Å². The Morgan fingerprint density at radius 1 is 0.680 bits per heavy atom. The number of benzene rings is 3. The van der Waals surface area contributed by atoms with Gasteiger partial charge in [-0.1, -0.05) is 97.6 Å². The molecule has 3 aromatic rings. The predicted molar refractivity (Wildman–Crippen MR) is 115 cm³/mol. The summed E-state index contributed by atoms with van der Waals surface area (Å²) in [6.45, 7) is 7.27. The minimum Gasteiger partial charge on any atom is -0.496 e. The van der Waals surface area contributed by atoms with Crippen molar-refractivity contribution in [3.05, 3.63) is 78.9 Å². The Bertz CT molecular complexity index is 840. The Morgan fingerprint density at radius 2 is 1.24 bits per heavy atom. The Morgan fingerprint density at radius 3 is 1.88 bits per heavy atom. The Hall–Kier alpha value is -1.89. The molecule has 0 amide bonds. The zero-order valence-corrected chi connectivity index (χ0v) is 17.3. The molecule has 1 nitrogen and oxygen atoms in total. The van der Waals surface area contributed by atoms with Gasteiger partial charge in [-0.2, -0.15) is 0 Å². The van der Waals surface area contributed by atoms with Gasteiger partial charge >= 0.3 is 0 Å². The van der Waals surface area contributed by atoms with Crippen molar-refractivity contribution in [2.24, 2.45) is 0 Å². The fourth-order valence-electron chi connectivity index (χ4n) is 3.10. The van der Waals surface area contributed by atoms with Crippen LogP contribution < -0.4 is 25.8 Å². The van der Waals surface area contributed by atoms with Gasteiger partial charge in [0.15, 0.2) is 0 Å². The van der Waals surface area contributed by atoms with Gasteiger partial charge in [-0.3, -0.25) is 0 Å². The summed E-state index contributed by atoms with van der Waals surface area (Å²) in [5.41, 5.74) is 0. The molecule has 0 fully saturated rings. The first-order valence-electron chi connectivity index (χ1n) is 8.60. The summed E-state index contributed by atoms with van der Waals surface area (Å²) in [6.07, 6.45) is 0. The van der Waals surface area contributed by atoms with Gasteiger partial charge in [0.1, 0.15) is 5.75 Å². The average Bonchev–Trinajstić information content (AvgIpc) is 2.63. The maximum absolute atomic E-state index is 5.72. The highest BCUT2D eigenvalue weighted by atomic mass is 31.1. The minimum absolute atomic E-state index is 0.648. The molecule has 0 unspecified atom stereocenters. The van der Waals surface area contributed by atoms with E-state index in [0.29, 0.717) is 0 Å². The van der Waals surface area contributed by atoms with E-state index in [2.05, 4.69) is 92.4 Å². The molecular formula is C22H25OPSi. The molecule has 128 valence electrons. The molecule has 0 aliphatic carbocycles. The van der Waals surface area contributed by atoms with Crippen LogP contribution in [-0.4, -0.2) is 15.2 Å². The van der Waals surface area contributed by atoms with Gasteiger partial charge in [0.2, 0.25) is 0 Å². The SMILES string of the molecule is COc1ccccc1[P@@](c1ccccc1)c1ccccc1[Si](C)(C)C. The monoisotopic (exact) mass is 364 g/mol. The van der Waals surface area contributed by atoms with E-state index in [1.807, 2.05) is 6.07 Å². The van der Waals surface area contributed by atoms with Crippen LogP contribution in [0, 0.1) is 0 Å². The van der Waals surface area contributed by atoms with E-state index in [1.165, 1.54) is 21.1 Å². The maximum atomic E-state index is 5.72. The summed E-state index contributed by atoms with van der Waals surface area (Å²) >= 11 is 0. The van der Waals surface area contributed by atoms with E-state index in [0.717, 1.165) is 5.75 Å². The topological polar surface area (TPSA) is 9.23 Å². The molecule has 0 N–H and O–H groups in total. The van der Waals surface area contributed by atoms with Crippen molar-refractivity contribution in [1.82, 2.24) is 0 Å². The highest BCUT2D eigenvalue weighted by Gasteiger charge is 2.27. The lowest BCUT2D eigenvalue weighted by atomic mass is 10.3. The molecule has 0 bridgehead atoms. The minimum atomic E-state index is -1.46. The Labute approximate surface area is 153 Å². The van der Waals surface area contributed by atoms with Crippen molar-refractivity contribution in [1.29, 1.82) is 0 Å². The smallest absolute Gasteiger partial charge is 0.127 e. The predicted octanol–water partition coefficient (Wildman–Crippen LogP) is 4.00. The number of hydrogen-bond acceptors (Lipinski definition) is 1. The van der Waals surface area contributed by atoms with Crippen LogP contribution in [-0.2, 0) is 0 Å². The van der Waals surface area contributed by atoms with Crippen molar-refractivity contribution in [2.75, 3.05) is 7.11 Å². The van der Waals surface area contributed by atoms with E-state index < -0.39 is 16.0 Å². The second-order valence-electron chi connectivity index (χ2n) is 7.11. The third kappa shape index (κ3) is 3.86. The van der Waals surface area contributed by atoms with Crippen LogP contribution in [0.15, 0.2) is 78.9 Å². The quantitative estimate of drug-likeness (QED) is 0.491. The molecule has 1 atom stereocenters. The maximum Gasteiger partial charge on any atom is 0.127 e. The molecule has 0 aliphatic rings. The molecule has 3 rings (SSSR count). The second kappa shape index (κ2) is 7.55. The number of hydrogen-bond donors (Lipinski definition) is 0. The molecular weight excluding hydrogens is 339 g/mol. The Balaban J connectivity index is 2.28. The zero-order valence-electron chi connectivity index (χ0n) is 15.4. The van der Waals surface area contributed by atoms with Gasteiger partial charge in [-0.25, -0.2) is 0 Å². The lowest BCUT2D eigenvalue weighted by Gasteiger charge is -2.28. The second-order valence-corrected chi connectivity index (χ2v) is 14.3. The number of rotatable bonds is 5. The van der Waals surface area contributed by atoms with Crippen molar-refractivity contribution in [2.45, 2.75) is 19.6 Å².